The number of hydrogen-bond acceptors (Lipinski definition) is 17. The van der Waals surface area contributed by atoms with Crippen LogP contribution in [0.25, 0.3) is 0 Å². The van der Waals surface area contributed by atoms with Crippen LogP contribution in [-0.4, -0.2) is 130 Å². The summed E-state index contributed by atoms with van der Waals surface area (Å²) in [4.78, 5) is 110. The fourth-order valence-corrected chi connectivity index (χ4v) is 10.7. The highest BCUT2D eigenvalue weighted by Gasteiger charge is 2.78. The minimum absolute atomic E-state index is 0.0170. The van der Waals surface area contributed by atoms with E-state index in [-0.39, 0.29) is 40.9 Å². The van der Waals surface area contributed by atoms with Crippen LogP contribution in [0.3, 0.4) is 0 Å². The lowest BCUT2D eigenvalue weighted by Gasteiger charge is -2.67. The number of amides is 1. The number of aliphatic carboxylic acids is 1. The highest BCUT2D eigenvalue weighted by atomic mass is 16.6. The number of ketones is 1. The second-order valence-corrected chi connectivity index (χ2v) is 18.7. The summed E-state index contributed by atoms with van der Waals surface area (Å²) in [5, 5.41) is 37.9. The Balaban J connectivity index is 1.41. The first kappa shape index (κ1) is 51.1. The maximum Gasteiger partial charge on any atom is 0.350 e. The molecule has 3 aromatic carbocycles. The van der Waals surface area contributed by atoms with Gasteiger partial charge in [-0.2, -0.15) is 0 Å². The van der Waals surface area contributed by atoms with Gasteiger partial charge in [0, 0.05) is 37.7 Å². The maximum absolute atomic E-state index is 15.7. The van der Waals surface area contributed by atoms with E-state index in [1.54, 1.807) is 54.6 Å². The number of hydrogen-bond donors (Lipinski definition) is 4. The van der Waals surface area contributed by atoms with E-state index in [1.165, 1.54) is 64.1 Å². The predicted molar refractivity (Wildman–Crippen MR) is 240 cm³/mol. The Bertz CT molecular complexity index is 2570. The molecule has 7 rings (SSSR count). The number of benzene rings is 3. The summed E-state index contributed by atoms with van der Waals surface area (Å²) in [6.07, 6.45) is -11.2. The zero-order valence-electron chi connectivity index (χ0n) is 39.3. The number of nitrogens with one attached hydrogen (secondary N) is 1. The Morgan fingerprint density at radius 3 is 1.97 bits per heavy atom. The first-order valence-electron chi connectivity index (χ1n) is 22.6. The van der Waals surface area contributed by atoms with Gasteiger partial charge < -0.3 is 53.8 Å². The molecule has 2 saturated carbocycles. The van der Waals surface area contributed by atoms with Crippen LogP contribution < -0.4 is 5.32 Å². The molecular weight excluding hydrogens is 915 g/mol. The molecule has 4 aliphatic rings. The molecule has 372 valence electrons. The Hall–Kier alpha value is -6.80. The van der Waals surface area contributed by atoms with Gasteiger partial charge in [-0.15, -0.1) is 0 Å². The molecular formula is C51H55NO18. The molecule has 4 N–H and O–H groups in total. The van der Waals surface area contributed by atoms with Gasteiger partial charge in [0.2, 0.25) is 6.10 Å². The largest absolute Gasteiger partial charge is 0.480 e. The standard InChI is InChI=1S/C51H55NO18/c1-27-33(67-47(62)41(68-37(58)25-64-24-36(56)57)39(30-16-10-7-11-17-30)52-45(60)31-18-12-8-13-19-31)23-51(63)44(69-46(61)32-20-14-9-15-21-32)42-49(6,34(55)22-35-50(42,26-65-35)70-29(3)54)43(59)40(66-28(2)53)38(27)48(51,4)5/h7-21,33-35,39-42,44,55,63H,22-26H2,1-6H3,(H,52,60)(H,56,57)/t33-,34-,35+,39-,40+,41+,42?,44-,49+,50-,51+/m0/s1. The summed E-state index contributed by atoms with van der Waals surface area (Å²) < 4.78 is 41.2. The topological polar surface area (TPSA) is 274 Å². The molecule has 19 nitrogen and oxygen atoms in total. The molecule has 0 radical (unpaired) electrons. The van der Waals surface area contributed by atoms with E-state index in [9.17, 15) is 39.0 Å². The molecule has 1 amide bonds. The molecule has 3 aliphatic carbocycles. The fraction of sp³-hybridized carbons (Fsp3) is 0.451. The highest BCUT2D eigenvalue weighted by molar-refractivity contribution is 5.96. The minimum Gasteiger partial charge on any atom is -0.480 e. The Morgan fingerprint density at radius 1 is 0.814 bits per heavy atom. The number of aliphatic hydroxyl groups excluding tert-OH is 1. The van der Waals surface area contributed by atoms with Crippen molar-refractivity contribution < 1.29 is 86.8 Å². The Morgan fingerprint density at radius 2 is 1.41 bits per heavy atom. The number of fused-ring (bicyclic) bond motifs is 5. The van der Waals surface area contributed by atoms with Gasteiger partial charge in [0.1, 0.15) is 43.2 Å². The van der Waals surface area contributed by atoms with Crippen LogP contribution in [0.5, 0.6) is 0 Å². The first-order chi connectivity index (χ1) is 33.1. The number of carboxylic acids is 1. The summed E-state index contributed by atoms with van der Waals surface area (Å²) in [6, 6.07) is 22.0. The van der Waals surface area contributed by atoms with Crippen LogP contribution in [-0.2, 0) is 61.9 Å². The van der Waals surface area contributed by atoms with Crippen molar-refractivity contribution in [2.75, 3.05) is 19.8 Å². The number of Topliss-reactive ketones (excluding diaryl/α,β-unsaturated/α-hetero) is 1. The number of carbonyl (C=O) groups excluding carboxylic acids is 7. The van der Waals surface area contributed by atoms with Gasteiger partial charge in [-0.05, 0) is 54.8 Å². The Kier molecular flexibility index (Phi) is 14.5. The van der Waals surface area contributed by atoms with Crippen molar-refractivity contribution in [3.8, 4) is 0 Å². The Labute approximate surface area is 402 Å². The average Bonchev–Trinajstić information content (AvgIpc) is 3.31. The molecule has 70 heavy (non-hydrogen) atoms. The lowest BCUT2D eigenvalue weighted by atomic mass is 9.44. The number of carbonyl (C=O) groups is 8. The van der Waals surface area contributed by atoms with Gasteiger partial charge >= 0.3 is 35.8 Å². The predicted octanol–water partition coefficient (Wildman–Crippen LogP) is 3.39. The van der Waals surface area contributed by atoms with E-state index in [1.807, 2.05) is 0 Å². The van der Waals surface area contributed by atoms with E-state index < -0.39 is 138 Å². The van der Waals surface area contributed by atoms with Crippen molar-refractivity contribution in [1.29, 1.82) is 0 Å². The molecule has 1 unspecified atom stereocenters. The van der Waals surface area contributed by atoms with E-state index >= 15 is 9.59 Å². The third-order valence-electron chi connectivity index (χ3n) is 14.2. The van der Waals surface area contributed by atoms with Crippen molar-refractivity contribution in [3.05, 3.63) is 119 Å². The SMILES string of the molecule is CC(=O)O[C@H]1C(=O)[C@@]2(C)C([C@H](OC(=O)c3ccccc3)[C@]3(O)C[C@H](OC(=O)[C@H](OC(=O)COCC(=O)O)[C@@H](NC(=O)c4ccccc4)c4ccccc4)C(C)=C1C3(C)C)[C@]1(OC(C)=O)CO[C@@H]1C[C@@H]2O. The fourth-order valence-electron chi connectivity index (χ4n) is 10.7. The lowest BCUT2D eigenvalue weighted by molar-refractivity contribution is -0.346. The number of ether oxygens (including phenoxy) is 7. The monoisotopic (exact) mass is 969 g/mol. The first-order valence-corrected chi connectivity index (χ1v) is 22.6. The normalized spacial score (nSPS) is 29.4. The van der Waals surface area contributed by atoms with Crippen molar-refractivity contribution in [1.82, 2.24) is 5.32 Å². The smallest absolute Gasteiger partial charge is 0.350 e. The van der Waals surface area contributed by atoms with Gasteiger partial charge in [0.05, 0.1) is 29.6 Å². The molecule has 1 heterocycles. The zero-order chi connectivity index (χ0) is 50.9. The summed E-state index contributed by atoms with van der Waals surface area (Å²) in [7, 11) is 0. The van der Waals surface area contributed by atoms with E-state index in [0.717, 1.165) is 13.8 Å². The summed E-state index contributed by atoms with van der Waals surface area (Å²) in [5.41, 5.74) is -7.85. The second kappa shape index (κ2) is 19.9. The summed E-state index contributed by atoms with van der Waals surface area (Å²) in [6.45, 7) is 5.79. The number of esters is 5. The third kappa shape index (κ3) is 9.33. The van der Waals surface area contributed by atoms with Crippen LogP contribution >= 0.6 is 0 Å². The van der Waals surface area contributed by atoms with Crippen LogP contribution in [0.15, 0.2) is 102 Å². The van der Waals surface area contributed by atoms with E-state index in [4.69, 9.17) is 38.3 Å². The van der Waals surface area contributed by atoms with Gasteiger partial charge in [0.15, 0.2) is 17.5 Å². The van der Waals surface area contributed by atoms with Gasteiger partial charge in [-0.25, -0.2) is 19.2 Å². The third-order valence-corrected chi connectivity index (χ3v) is 14.2. The molecule has 2 bridgehead atoms. The number of aliphatic hydroxyl groups is 2. The summed E-state index contributed by atoms with van der Waals surface area (Å²) in [5.74, 6) is -10.0. The highest BCUT2D eigenvalue weighted by Crippen LogP contribution is 2.64. The van der Waals surface area contributed by atoms with Crippen molar-refractivity contribution in [2.24, 2.45) is 16.7 Å². The van der Waals surface area contributed by atoms with Crippen molar-refractivity contribution in [2.45, 2.75) is 108 Å². The van der Waals surface area contributed by atoms with Gasteiger partial charge in [-0.3, -0.25) is 19.2 Å². The molecule has 0 aromatic heterocycles. The van der Waals surface area contributed by atoms with Gasteiger partial charge in [-0.1, -0.05) is 80.6 Å². The molecule has 19 heteroatoms. The zero-order valence-corrected chi connectivity index (χ0v) is 39.3. The molecule has 11 atom stereocenters. The van der Waals surface area contributed by atoms with Crippen LogP contribution in [0.1, 0.15) is 86.7 Å². The van der Waals surface area contributed by atoms with Crippen LogP contribution in [0.2, 0.25) is 0 Å². The average molecular weight is 970 g/mol. The van der Waals surface area contributed by atoms with Crippen molar-refractivity contribution in [3.63, 3.8) is 0 Å². The molecule has 0 spiro atoms. The number of rotatable bonds is 15. The molecule has 1 saturated heterocycles. The van der Waals surface area contributed by atoms with Crippen molar-refractivity contribution >= 4 is 47.5 Å². The number of carboxylic acid groups (broad SMARTS) is 1. The van der Waals surface area contributed by atoms with E-state index in [2.05, 4.69) is 5.32 Å². The lowest BCUT2D eigenvalue weighted by Crippen LogP contribution is -2.82. The molecule has 3 aromatic rings. The second-order valence-electron chi connectivity index (χ2n) is 18.7. The van der Waals surface area contributed by atoms with E-state index in [0.29, 0.717) is 0 Å². The maximum atomic E-state index is 15.7. The quantitative estimate of drug-likeness (QED) is 0.0965. The summed E-state index contributed by atoms with van der Waals surface area (Å²) >= 11 is 0. The minimum atomic E-state index is -2.51. The van der Waals surface area contributed by atoms with Crippen LogP contribution in [0.4, 0.5) is 0 Å². The molecule has 1 aliphatic heterocycles. The van der Waals surface area contributed by atoms with Gasteiger partial charge in [0.25, 0.3) is 5.91 Å². The molecule has 3 fully saturated rings. The van der Waals surface area contributed by atoms with Crippen LogP contribution in [0, 0.1) is 16.7 Å².